The van der Waals surface area contributed by atoms with Crippen LogP contribution in [-0.2, 0) is 12.4 Å². The molecular weight excluding hydrogens is 403 g/mol. The molecule has 0 N–H and O–H groups in total. The van der Waals surface area contributed by atoms with E-state index in [-0.39, 0.29) is 11.1 Å². The van der Waals surface area contributed by atoms with Crippen molar-refractivity contribution in [3.8, 4) is 5.75 Å². The lowest BCUT2D eigenvalue weighted by atomic mass is 10.1. The highest BCUT2D eigenvalue weighted by atomic mass is 127. The number of benzene rings is 1. The van der Waals surface area contributed by atoms with Crippen molar-refractivity contribution in [3.63, 3.8) is 0 Å². The molecule has 0 radical (unpaired) electrons. The third-order valence-corrected chi connectivity index (χ3v) is 2.95. The van der Waals surface area contributed by atoms with E-state index in [1.54, 1.807) is 0 Å². The van der Waals surface area contributed by atoms with E-state index < -0.39 is 29.1 Å². The molecule has 0 unspecified atom stereocenters. The van der Waals surface area contributed by atoms with Crippen molar-refractivity contribution in [1.82, 2.24) is 4.98 Å². The van der Waals surface area contributed by atoms with Gasteiger partial charge < -0.3 is 3.07 Å². The van der Waals surface area contributed by atoms with Gasteiger partial charge in [-0.3, -0.25) is 0 Å². The fourth-order valence-corrected chi connectivity index (χ4v) is 2.02. The summed E-state index contributed by atoms with van der Waals surface area (Å²) in [6.45, 7) is 0. The highest BCUT2D eigenvalue weighted by molar-refractivity contribution is 14.1. The lowest BCUT2D eigenvalue weighted by Gasteiger charge is -2.14. The molecule has 9 heteroatoms. The average Bonchev–Trinajstić information content (AvgIpc) is 2.34. The molecular formula is C11H4F6INO. The van der Waals surface area contributed by atoms with Crippen LogP contribution in [0, 0.1) is 0 Å². The molecule has 1 aromatic carbocycles. The fraction of sp³-hybridized carbons (Fsp3) is 0.182. The second-order valence-corrected chi connectivity index (χ2v) is 4.22. The molecule has 0 saturated heterocycles. The molecule has 0 fully saturated rings. The summed E-state index contributed by atoms with van der Waals surface area (Å²) in [4.78, 5) is 3.09. The predicted molar refractivity (Wildman–Crippen MR) is 66.4 cm³/mol. The Bertz CT molecular complexity index is 652. The first kappa shape index (κ1) is 15.1. The van der Waals surface area contributed by atoms with Crippen LogP contribution in [0.4, 0.5) is 26.3 Å². The van der Waals surface area contributed by atoms with Crippen molar-refractivity contribution in [1.29, 1.82) is 0 Å². The van der Waals surface area contributed by atoms with E-state index in [9.17, 15) is 26.3 Å². The summed E-state index contributed by atoms with van der Waals surface area (Å²) in [5, 5.41) is -0.137. The van der Waals surface area contributed by atoms with E-state index >= 15 is 0 Å². The van der Waals surface area contributed by atoms with Crippen LogP contribution in [0.25, 0.3) is 10.9 Å². The second kappa shape index (κ2) is 4.93. The smallest absolute Gasteiger partial charge is 0.427 e. The Labute approximate surface area is 122 Å². The van der Waals surface area contributed by atoms with E-state index in [1.807, 2.05) is 0 Å². The van der Waals surface area contributed by atoms with Gasteiger partial charge >= 0.3 is 12.4 Å². The Morgan fingerprint density at radius 2 is 1.65 bits per heavy atom. The molecule has 108 valence electrons. The maximum absolute atomic E-state index is 12.8. The molecule has 0 amide bonds. The van der Waals surface area contributed by atoms with Crippen molar-refractivity contribution >= 4 is 33.9 Å². The van der Waals surface area contributed by atoms with Crippen molar-refractivity contribution < 1.29 is 29.4 Å². The molecule has 1 aromatic heterocycles. The van der Waals surface area contributed by atoms with Crippen LogP contribution in [0.1, 0.15) is 11.3 Å². The molecule has 2 aromatic rings. The van der Waals surface area contributed by atoms with Gasteiger partial charge in [0, 0.05) is 11.5 Å². The third kappa shape index (κ3) is 2.76. The molecule has 0 aliphatic rings. The predicted octanol–water partition coefficient (Wildman–Crippen LogP) is 5.00. The van der Waals surface area contributed by atoms with Gasteiger partial charge in [0.1, 0.15) is 11.4 Å². The van der Waals surface area contributed by atoms with Gasteiger partial charge in [-0.2, -0.15) is 26.3 Å². The second-order valence-electron chi connectivity index (χ2n) is 3.78. The maximum atomic E-state index is 12.8. The highest BCUT2D eigenvalue weighted by Crippen LogP contribution is 2.40. The van der Waals surface area contributed by atoms with E-state index in [2.05, 4.69) is 4.98 Å². The van der Waals surface area contributed by atoms with Crippen molar-refractivity contribution in [2.75, 3.05) is 0 Å². The topological polar surface area (TPSA) is 22.1 Å². The molecule has 1 heterocycles. The van der Waals surface area contributed by atoms with Crippen LogP contribution >= 0.6 is 23.0 Å². The first-order valence-electron chi connectivity index (χ1n) is 5.01. The first-order valence-corrected chi connectivity index (χ1v) is 5.89. The molecule has 2 rings (SSSR count). The summed E-state index contributed by atoms with van der Waals surface area (Å²) in [6, 6.07) is 3.53. The van der Waals surface area contributed by atoms with E-state index in [1.165, 1.54) is 29.1 Å². The molecule has 0 atom stereocenters. The van der Waals surface area contributed by atoms with Crippen LogP contribution in [0.5, 0.6) is 5.75 Å². The number of halogens is 7. The van der Waals surface area contributed by atoms with Crippen LogP contribution in [-0.4, -0.2) is 4.98 Å². The SMILES string of the molecule is FC(F)(F)c1cc(OI)c2cccc(C(F)(F)F)c2n1. The zero-order valence-electron chi connectivity index (χ0n) is 9.31. The molecule has 0 aliphatic heterocycles. The van der Waals surface area contributed by atoms with Gasteiger partial charge in [-0.25, -0.2) is 4.98 Å². The van der Waals surface area contributed by atoms with Gasteiger partial charge in [0.15, 0.2) is 23.0 Å². The van der Waals surface area contributed by atoms with Crippen LogP contribution < -0.4 is 3.07 Å². The minimum Gasteiger partial charge on any atom is -0.427 e. The number of aromatic nitrogens is 1. The molecule has 0 spiro atoms. The summed E-state index contributed by atoms with van der Waals surface area (Å²) in [5.41, 5.74) is -3.47. The Morgan fingerprint density at radius 3 is 2.15 bits per heavy atom. The number of fused-ring (bicyclic) bond motifs is 1. The van der Waals surface area contributed by atoms with Crippen LogP contribution in [0.3, 0.4) is 0 Å². The number of pyridine rings is 1. The van der Waals surface area contributed by atoms with Gasteiger partial charge in [0.05, 0.1) is 11.1 Å². The highest BCUT2D eigenvalue weighted by Gasteiger charge is 2.37. The zero-order valence-corrected chi connectivity index (χ0v) is 11.5. The minimum absolute atomic E-state index is 0.137. The van der Waals surface area contributed by atoms with Gasteiger partial charge in [-0.05, 0) is 12.1 Å². The summed E-state index contributed by atoms with van der Waals surface area (Å²) in [5.74, 6) is -0.325. The van der Waals surface area contributed by atoms with E-state index in [0.717, 1.165) is 6.07 Å². The Balaban J connectivity index is 2.87. The van der Waals surface area contributed by atoms with Gasteiger partial charge in [-0.1, -0.05) is 6.07 Å². The lowest BCUT2D eigenvalue weighted by molar-refractivity contribution is -0.142. The van der Waals surface area contributed by atoms with E-state index in [0.29, 0.717) is 12.1 Å². The van der Waals surface area contributed by atoms with Gasteiger partial charge in [-0.15, -0.1) is 0 Å². The lowest BCUT2D eigenvalue weighted by Crippen LogP contribution is -2.11. The van der Waals surface area contributed by atoms with E-state index in [4.69, 9.17) is 3.07 Å². The quantitative estimate of drug-likeness (QED) is 0.491. The summed E-state index contributed by atoms with van der Waals surface area (Å²) in [6.07, 6.45) is -9.67. The number of hydrogen-bond donors (Lipinski definition) is 0. The van der Waals surface area contributed by atoms with Crippen molar-refractivity contribution in [3.05, 3.63) is 35.5 Å². The normalized spacial score (nSPS) is 12.8. The fourth-order valence-electron chi connectivity index (χ4n) is 1.66. The monoisotopic (exact) mass is 407 g/mol. The summed E-state index contributed by atoms with van der Waals surface area (Å²) < 4.78 is 81.1. The number of rotatable bonds is 1. The molecule has 0 saturated carbocycles. The first-order chi connectivity index (χ1) is 9.14. The number of para-hydroxylation sites is 1. The Hall–Kier alpha value is -1.26. The number of hydrogen-bond acceptors (Lipinski definition) is 2. The zero-order chi connectivity index (χ0) is 15.1. The largest absolute Gasteiger partial charge is 0.433 e. The molecule has 0 aliphatic carbocycles. The summed E-state index contributed by atoms with van der Waals surface area (Å²) >= 11 is 1.30. The van der Waals surface area contributed by atoms with Gasteiger partial charge in [0.2, 0.25) is 0 Å². The minimum atomic E-state index is -4.86. The molecule has 2 nitrogen and oxygen atoms in total. The number of alkyl halides is 6. The van der Waals surface area contributed by atoms with Crippen molar-refractivity contribution in [2.24, 2.45) is 0 Å². The maximum Gasteiger partial charge on any atom is 0.433 e. The van der Waals surface area contributed by atoms with Gasteiger partial charge in [0.25, 0.3) is 0 Å². The number of nitrogens with zero attached hydrogens (tertiary/aromatic N) is 1. The Morgan fingerprint density at radius 1 is 1.00 bits per heavy atom. The summed E-state index contributed by atoms with van der Waals surface area (Å²) in [7, 11) is 0. The molecule has 0 bridgehead atoms. The van der Waals surface area contributed by atoms with Crippen molar-refractivity contribution in [2.45, 2.75) is 12.4 Å². The Kier molecular flexibility index (Phi) is 3.73. The third-order valence-electron chi connectivity index (χ3n) is 2.48. The molecule has 20 heavy (non-hydrogen) atoms. The standard InChI is InChI=1S/C11H4F6INO/c12-10(13,14)6-3-1-2-5-7(20-18)4-8(11(15,16)17)19-9(5)6/h1-4H. The van der Waals surface area contributed by atoms with Crippen LogP contribution in [0.2, 0.25) is 0 Å². The average molecular weight is 407 g/mol. The van der Waals surface area contributed by atoms with Crippen LogP contribution in [0.15, 0.2) is 24.3 Å².